The summed E-state index contributed by atoms with van der Waals surface area (Å²) in [7, 11) is 0. The molecule has 4 nitrogen and oxygen atoms in total. The number of rotatable bonds is 3. The first-order chi connectivity index (χ1) is 7.96. The van der Waals surface area contributed by atoms with Gasteiger partial charge in [0.2, 0.25) is 0 Å². The quantitative estimate of drug-likeness (QED) is 0.945. The Morgan fingerprint density at radius 2 is 2.12 bits per heavy atom. The molecule has 5 heteroatoms. The van der Waals surface area contributed by atoms with Gasteiger partial charge in [-0.25, -0.2) is 9.97 Å². The highest BCUT2D eigenvalue weighted by Crippen LogP contribution is 2.15. The first kappa shape index (κ1) is 12.3. The van der Waals surface area contributed by atoms with Crippen LogP contribution < -0.4 is 5.73 Å². The van der Waals surface area contributed by atoms with Gasteiger partial charge in [0.25, 0.3) is 0 Å². The minimum absolute atomic E-state index is 0.257. The van der Waals surface area contributed by atoms with Crippen LogP contribution in [0.4, 0.5) is 0 Å². The fourth-order valence-corrected chi connectivity index (χ4v) is 1.87. The van der Waals surface area contributed by atoms with Gasteiger partial charge in [0.05, 0.1) is 0 Å². The van der Waals surface area contributed by atoms with Crippen LogP contribution in [0, 0.1) is 0 Å². The Hall–Kier alpha value is -1.20. The number of pyridine rings is 1. The van der Waals surface area contributed by atoms with Crippen LogP contribution in [-0.2, 0) is 6.42 Å². The van der Waals surface area contributed by atoms with Crippen LogP contribution in [-0.4, -0.2) is 20.1 Å². The van der Waals surface area contributed by atoms with Gasteiger partial charge in [0.1, 0.15) is 12.1 Å². The summed E-state index contributed by atoms with van der Waals surface area (Å²) in [6.07, 6.45) is 6.12. The SMILES string of the molecule is CC(C)(N)Cc1cncn1-c1ccc(Br)cn1. The number of hydrogen-bond acceptors (Lipinski definition) is 3. The molecule has 90 valence electrons. The summed E-state index contributed by atoms with van der Waals surface area (Å²) in [5.74, 6) is 0.852. The van der Waals surface area contributed by atoms with Crippen molar-refractivity contribution in [1.82, 2.24) is 14.5 Å². The maximum absolute atomic E-state index is 6.03. The molecule has 0 unspecified atom stereocenters. The van der Waals surface area contributed by atoms with E-state index < -0.39 is 0 Å². The Bertz CT molecular complexity index is 496. The van der Waals surface area contributed by atoms with Crippen molar-refractivity contribution in [3.05, 3.63) is 41.0 Å². The van der Waals surface area contributed by atoms with Crippen LogP contribution in [0.25, 0.3) is 5.82 Å². The third-order valence-electron chi connectivity index (χ3n) is 2.31. The molecule has 2 aromatic heterocycles. The zero-order valence-corrected chi connectivity index (χ0v) is 11.5. The van der Waals surface area contributed by atoms with Gasteiger partial charge in [0, 0.05) is 34.5 Å². The lowest BCUT2D eigenvalue weighted by molar-refractivity contribution is 0.506. The molecule has 0 spiro atoms. The number of nitrogens with two attached hydrogens (primary N) is 1. The minimum atomic E-state index is -0.257. The fourth-order valence-electron chi connectivity index (χ4n) is 1.64. The summed E-state index contributed by atoms with van der Waals surface area (Å²) in [5, 5.41) is 0. The van der Waals surface area contributed by atoms with Gasteiger partial charge in [-0.1, -0.05) is 0 Å². The van der Waals surface area contributed by atoms with Crippen molar-refractivity contribution < 1.29 is 0 Å². The van der Waals surface area contributed by atoms with E-state index in [4.69, 9.17) is 5.73 Å². The molecule has 2 aromatic rings. The largest absolute Gasteiger partial charge is 0.325 e. The zero-order chi connectivity index (χ0) is 12.5. The molecule has 0 fully saturated rings. The molecule has 0 saturated heterocycles. The molecule has 0 bridgehead atoms. The molecule has 0 radical (unpaired) electrons. The van der Waals surface area contributed by atoms with E-state index in [1.807, 2.05) is 36.7 Å². The molecule has 2 rings (SSSR count). The molecular formula is C12H15BrN4. The van der Waals surface area contributed by atoms with Gasteiger partial charge in [-0.15, -0.1) is 0 Å². The number of halogens is 1. The average Bonchev–Trinajstić information content (AvgIpc) is 2.64. The Kier molecular flexibility index (Phi) is 3.31. The fraction of sp³-hybridized carbons (Fsp3) is 0.333. The second kappa shape index (κ2) is 4.58. The van der Waals surface area contributed by atoms with E-state index in [2.05, 4.69) is 25.9 Å². The molecule has 0 aromatic carbocycles. The van der Waals surface area contributed by atoms with Gasteiger partial charge in [-0.3, -0.25) is 4.57 Å². The Morgan fingerprint density at radius 3 is 2.71 bits per heavy atom. The molecule has 0 aliphatic carbocycles. The summed E-state index contributed by atoms with van der Waals surface area (Å²) in [6.45, 7) is 4.00. The maximum atomic E-state index is 6.03. The van der Waals surface area contributed by atoms with E-state index in [9.17, 15) is 0 Å². The average molecular weight is 295 g/mol. The zero-order valence-electron chi connectivity index (χ0n) is 9.89. The lowest BCUT2D eigenvalue weighted by Crippen LogP contribution is -2.35. The van der Waals surface area contributed by atoms with Gasteiger partial charge in [-0.2, -0.15) is 0 Å². The predicted octanol–water partition coefficient (Wildman–Crippen LogP) is 2.31. The number of aromatic nitrogens is 3. The normalized spacial score (nSPS) is 11.8. The molecule has 17 heavy (non-hydrogen) atoms. The van der Waals surface area contributed by atoms with E-state index in [1.54, 1.807) is 12.5 Å². The van der Waals surface area contributed by atoms with Crippen molar-refractivity contribution in [2.24, 2.45) is 5.73 Å². The van der Waals surface area contributed by atoms with Crippen LogP contribution in [0.5, 0.6) is 0 Å². The molecule has 0 atom stereocenters. The highest BCUT2D eigenvalue weighted by molar-refractivity contribution is 9.10. The summed E-state index contributed by atoms with van der Waals surface area (Å²) >= 11 is 3.37. The molecule has 0 saturated carbocycles. The molecule has 0 amide bonds. The van der Waals surface area contributed by atoms with Crippen molar-refractivity contribution >= 4 is 15.9 Å². The van der Waals surface area contributed by atoms with Crippen molar-refractivity contribution in [3.8, 4) is 5.82 Å². The Labute approximate surface area is 109 Å². The summed E-state index contributed by atoms with van der Waals surface area (Å²) in [4.78, 5) is 8.51. The number of nitrogens with zero attached hydrogens (tertiary/aromatic N) is 3. The summed E-state index contributed by atoms with van der Waals surface area (Å²) in [6, 6.07) is 3.90. The van der Waals surface area contributed by atoms with E-state index in [0.29, 0.717) is 0 Å². The minimum Gasteiger partial charge on any atom is -0.325 e. The summed E-state index contributed by atoms with van der Waals surface area (Å²) < 4.78 is 2.92. The summed E-state index contributed by atoms with van der Waals surface area (Å²) in [5.41, 5.74) is 6.83. The topological polar surface area (TPSA) is 56.7 Å². The van der Waals surface area contributed by atoms with Crippen LogP contribution in [0.15, 0.2) is 35.3 Å². The lowest BCUT2D eigenvalue weighted by Gasteiger charge is -2.18. The van der Waals surface area contributed by atoms with Crippen molar-refractivity contribution in [1.29, 1.82) is 0 Å². The van der Waals surface area contributed by atoms with Gasteiger partial charge >= 0.3 is 0 Å². The third-order valence-corrected chi connectivity index (χ3v) is 2.78. The van der Waals surface area contributed by atoms with Crippen molar-refractivity contribution in [2.45, 2.75) is 25.8 Å². The maximum Gasteiger partial charge on any atom is 0.138 e. The first-order valence-electron chi connectivity index (χ1n) is 5.38. The molecule has 2 heterocycles. The second-order valence-electron chi connectivity index (χ2n) is 4.75. The van der Waals surface area contributed by atoms with Gasteiger partial charge in [-0.05, 0) is 41.9 Å². The van der Waals surface area contributed by atoms with Crippen molar-refractivity contribution in [2.75, 3.05) is 0 Å². The van der Waals surface area contributed by atoms with E-state index >= 15 is 0 Å². The molecule has 0 aliphatic rings. The van der Waals surface area contributed by atoms with Gasteiger partial charge < -0.3 is 5.73 Å². The smallest absolute Gasteiger partial charge is 0.138 e. The second-order valence-corrected chi connectivity index (χ2v) is 5.67. The monoisotopic (exact) mass is 294 g/mol. The highest BCUT2D eigenvalue weighted by Gasteiger charge is 2.15. The number of hydrogen-bond donors (Lipinski definition) is 1. The third kappa shape index (κ3) is 3.14. The predicted molar refractivity (Wildman–Crippen MR) is 71.0 cm³/mol. The standard InChI is InChI=1S/C12H15BrN4/c1-12(2,14)5-10-7-15-8-17(10)11-4-3-9(13)6-16-11/h3-4,6-8H,5,14H2,1-2H3. The first-order valence-corrected chi connectivity index (χ1v) is 6.17. The molecular weight excluding hydrogens is 280 g/mol. The van der Waals surface area contributed by atoms with Crippen LogP contribution in [0.1, 0.15) is 19.5 Å². The Morgan fingerprint density at radius 1 is 1.35 bits per heavy atom. The molecule has 0 aliphatic heterocycles. The van der Waals surface area contributed by atoms with Crippen LogP contribution >= 0.6 is 15.9 Å². The van der Waals surface area contributed by atoms with Crippen LogP contribution in [0.2, 0.25) is 0 Å². The highest BCUT2D eigenvalue weighted by atomic mass is 79.9. The van der Waals surface area contributed by atoms with Crippen molar-refractivity contribution in [3.63, 3.8) is 0 Å². The van der Waals surface area contributed by atoms with E-state index in [1.165, 1.54) is 0 Å². The Balaban J connectivity index is 2.33. The van der Waals surface area contributed by atoms with E-state index in [0.717, 1.165) is 22.4 Å². The van der Waals surface area contributed by atoms with Crippen LogP contribution in [0.3, 0.4) is 0 Å². The van der Waals surface area contributed by atoms with E-state index in [-0.39, 0.29) is 5.54 Å². The molecule has 2 N–H and O–H groups in total. The van der Waals surface area contributed by atoms with Gasteiger partial charge in [0.15, 0.2) is 0 Å². The number of imidazole rings is 1. The lowest BCUT2D eigenvalue weighted by atomic mass is 10.0.